The van der Waals surface area contributed by atoms with Crippen molar-refractivity contribution in [3.63, 3.8) is 0 Å². The smallest absolute Gasteiger partial charge is 0.340 e. The molecule has 1 saturated carbocycles. The van der Waals surface area contributed by atoms with Crippen LogP contribution in [0.2, 0.25) is 0 Å². The molecule has 78 valence electrons. The molecule has 0 heterocycles. The quantitative estimate of drug-likeness (QED) is 0.605. The third kappa shape index (κ3) is 2.03. The molecule has 2 nitrogen and oxygen atoms in total. The monoisotopic (exact) mass is 198 g/mol. The van der Waals surface area contributed by atoms with Crippen molar-refractivity contribution in [2.45, 2.75) is 20.3 Å². The topological polar surface area (TPSA) is 26.3 Å². The third-order valence-corrected chi connectivity index (χ3v) is 2.29. The molecule has 2 atom stereocenters. The highest BCUT2D eigenvalue weighted by atomic mass is 19.1. The molecular formula is C11H15FO2. The molecule has 2 aliphatic rings. The molecule has 0 radical (unpaired) electrons. The molecule has 0 aromatic rings. The first-order chi connectivity index (χ1) is 6.72. The normalized spacial score (nSPS) is 27.4. The molecular weight excluding hydrogens is 183 g/mol. The van der Waals surface area contributed by atoms with E-state index in [0.29, 0.717) is 11.8 Å². The van der Waals surface area contributed by atoms with Crippen LogP contribution in [0.15, 0.2) is 23.6 Å². The van der Waals surface area contributed by atoms with Crippen molar-refractivity contribution in [1.82, 2.24) is 0 Å². The Morgan fingerprint density at radius 1 is 1.43 bits per heavy atom. The van der Waals surface area contributed by atoms with E-state index in [1.54, 1.807) is 6.08 Å². The highest BCUT2D eigenvalue weighted by Crippen LogP contribution is 2.46. The Kier molecular flexibility index (Phi) is 3.44. The Bertz CT molecular complexity index is 292. The van der Waals surface area contributed by atoms with Crippen molar-refractivity contribution in [1.29, 1.82) is 0 Å². The fourth-order valence-corrected chi connectivity index (χ4v) is 1.47. The van der Waals surface area contributed by atoms with Crippen molar-refractivity contribution in [3.05, 3.63) is 23.6 Å². The summed E-state index contributed by atoms with van der Waals surface area (Å²) in [6, 6.07) is 0. The van der Waals surface area contributed by atoms with Gasteiger partial charge in [-0.1, -0.05) is 19.9 Å². The van der Waals surface area contributed by atoms with Gasteiger partial charge in [0.05, 0.1) is 12.7 Å². The molecule has 2 unspecified atom stereocenters. The molecule has 0 saturated heterocycles. The summed E-state index contributed by atoms with van der Waals surface area (Å²) >= 11 is 0. The van der Waals surface area contributed by atoms with Gasteiger partial charge in [-0.2, -0.15) is 0 Å². The maximum Gasteiger partial charge on any atom is 0.340 e. The van der Waals surface area contributed by atoms with Gasteiger partial charge >= 0.3 is 5.97 Å². The molecule has 2 aliphatic carbocycles. The van der Waals surface area contributed by atoms with E-state index in [0.717, 1.165) is 6.42 Å². The number of carbonyl (C=O) groups excluding carboxylic acids is 1. The maximum absolute atomic E-state index is 13.1. The van der Waals surface area contributed by atoms with Crippen molar-refractivity contribution < 1.29 is 13.9 Å². The minimum atomic E-state index is -0.575. The van der Waals surface area contributed by atoms with E-state index in [2.05, 4.69) is 4.74 Å². The summed E-state index contributed by atoms with van der Waals surface area (Å²) in [5, 5.41) is 0. The fourth-order valence-electron chi connectivity index (χ4n) is 1.47. The van der Waals surface area contributed by atoms with Gasteiger partial charge in [0.25, 0.3) is 0 Å². The second-order valence-corrected chi connectivity index (χ2v) is 3.15. The summed E-state index contributed by atoms with van der Waals surface area (Å²) < 4.78 is 17.5. The maximum atomic E-state index is 13.1. The van der Waals surface area contributed by atoms with Crippen LogP contribution in [0, 0.1) is 11.8 Å². The van der Waals surface area contributed by atoms with E-state index >= 15 is 0 Å². The van der Waals surface area contributed by atoms with Crippen molar-refractivity contribution in [2.75, 3.05) is 7.11 Å². The largest absolute Gasteiger partial charge is 0.465 e. The van der Waals surface area contributed by atoms with Gasteiger partial charge in [-0.3, -0.25) is 0 Å². The lowest BCUT2D eigenvalue weighted by molar-refractivity contribution is -0.136. The lowest BCUT2D eigenvalue weighted by atomic mass is 10.1. The number of hydrogen-bond donors (Lipinski definition) is 0. The second kappa shape index (κ2) is 4.40. The van der Waals surface area contributed by atoms with Gasteiger partial charge in [-0.05, 0) is 24.3 Å². The van der Waals surface area contributed by atoms with E-state index in [1.807, 2.05) is 13.8 Å². The van der Waals surface area contributed by atoms with Crippen molar-refractivity contribution in [3.8, 4) is 0 Å². The number of ether oxygens (including phenoxy) is 1. The SMILES string of the molecule is CC.COC(=O)C1=CC2CC2C=C1F. The highest BCUT2D eigenvalue weighted by molar-refractivity contribution is 5.93. The number of fused-ring (bicyclic) bond motifs is 1. The van der Waals surface area contributed by atoms with E-state index in [-0.39, 0.29) is 5.57 Å². The predicted molar refractivity (Wildman–Crippen MR) is 52.2 cm³/mol. The molecule has 14 heavy (non-hydrogen) atoms. The van der Waals surface area contributed by atoms with Crippen LogP contribution in [0.4, 0.5) is 4.39 Å². The standard InChI is InChI=1S/C9H9FO2.C2H6/c1-12-9(11)7-3-5-2-6(5)4-8(7)10;1-2/h3-6H,2H2,1H3;1-2H3. The van der Waals surface area contributed by atoms with Crippen LogP contribution in [0.25, 0.3) is 0 Å². The number of halogens is 1. The summed E-state index contributed by atoms with van der Waals surface area (Å²) in [5.74, 6) is -0.299. The van der Waals surface area contributed by atoms with Gasteiger partial charge in [-0.25, -0.2) is 9.18 Å². The van der Waals surface area contributed by atoms with E-state index in [4.69, 9.17) is 0 Å². The second-order valence-electron chi connectivity index (χ2n) is 3.15. The number of rotatable bonds is 1. The zero-order valence-electron chi connectivity index (χ0n) is 8.71. The van der Waals surface area contributed by atoms with Crippen LogP contribution >= 0.6 is 0 Å². The lowest BCUT2D eigenvalue weighted by Gasteiger charge is -2.05. The Morgan fingerprint density at radius 2 is 2.00 bits per heavy atom. The molecule has 0 aliphatic heterocycles. The van der Waals surface area contributed by atoms with Crippen molar-refractivity contribution >= 4 is 5.97 Å². The molecule has 3 heteroatoms. The Labute approximate surface area is 83.4 Å². The predicted octanol–water partition coefficient (Wildman–Crippen LogP) is 2.62. The lowest BCUT2D eigenvalue weighted by Crippen LogP contribution is -2.08. The van der Waals surface area contributed by atoms with E-state index < -0.39 is 11.8 Å². The highest BCUT2D eigenvalue weighted by Gasteiger charge is 2.39. The molecule has 0 aromatic heterocycles. The first-order valence-electron chi connectivity index (χ1n) is 4.90. The molecule has 0 bridgehead atoms. The third-order valence-electron chi connectivity index (χ3n) is 2.29. The molecule has 2 rings (SSSR count). The molecule has 1 fully saturated rings. The average Bonchev–Trinajstić information content (AvgIpc) is 2.96. The van der Waals surface area contributed by atoms with Crippen LogP contribution in [-0.2, 0) is 9.53 Å². The zero-order valence-corrected chi connectivity index (χ0v) is 8.71. The van der Waals surface area contributed by atoms with Gasteiger partial charge in [0.2, 0.25) is 0 Å². The molecule has 0 aromatic carbocycles. The van der Waals surface area contributed by atoms with Crippen LogP contribution < -0.4 is 0 Å². The zero-order chi connectivity index (χ0) is 10.7. The van der Waals surface area contributed by atoms with Gasteiger partial charge in [0.1, 0.15) is 5.83 Å². The number of esters is 1. The average molecular weight is 198 g/mol. The summed E-state index contributed by atoms with van der Waals surface area (Å²) in [6.45, 7) is 4.00. The number of carbonyl (C=O) groups is 1. The Morgan fingerprint density at radius 3 is 2.57 bits per heavy atom. The van der Waals surface area contributed by atoms with Crippen molar-refractivity contribution in [2.24, 2.45) is 11.8 Å². The Balaban J connectivity index is 0.000000461. The first-order valence-corrected chi connectivity index (χ1v) is 4.90. The number of methoxy groups -OCH3 is 1. The van der Waals surface area contributed by atoms with Gasteiger partial charge in [0, 0.05) is 0 Å². The van der Waals surface area contributed by atoms with Crippen LogP contribution in [-0.4, -0.2) is 13.1 Å². The fraction of sp³-hybridized carbons (Fsp3) is 0.545. The summed E-state index contributed by atoms with van der Waals surface area (Å²) in [5.41, 5.74) is 0.0938. The van der Waals surface area contributed by atoms with Gasteiger partial charge in [-0.15, -0.1) is 0 Å². The van der Waals surface area contributed by atoms with Crippen LogP contribution in [0.1, 0.15) is 20.3 Å². The Hall–Kier alpha value is -1.12. The molecule has 0 spiro atoms. The van der Waals surface area contributed by atoms with Gasteiger partial charge < -0.3 is 4.74 Å². The first kappa shape index (κ1) is 11.0. The summed E-state index contributed by atoms with van der Waals surface area (Å²) in [6.07, 6.45) is 4.15. The molecule has 0 N–H and O–H groups in total. The number of hydrogen-bond acceptors (Lipinski definition) is 2. The van der Waals surface area contributed by atoms with E-state index in [9.17, 15) is 9.18 Å². The summed E-state index contributed by atoms with van der Waals surface area (Å²) in [4.78, 5) is 11.0. The summed E-state index contributed by atoms with van der Waals surface area (Å²) in [7, 11) is 1.26. The molecule has 0 amide bonds. The van der Waals surface area contributed by atoms with Crippen LogP contribution in [0.3, 0.4) is 0 Å². The van der Waals surface area contributed by atoms with E-state index in [1.165, 1.54) is 13.2 Å². The number of allylic oxidation sites excluding steroid dienone is 2. The van der Waals surface area contributed by atoms with Gasteiger partial charge in [0.15, 0.2) is 0 Å². The minimum Gasteiger partial charge on any atom is -0.465 e. The van der Waals surface area contributed by atoms with Crippen LogP contribution in [0.5, 0.6) is 0 Å². The minimum absolute atomic E-state index is 0.0938.